The van der Waals surface area contributed by atoms with Crippen LogP contribution in [-0.2, 0) is 0 Å². The summed E-state index contributed by atoms with van der Waals surface area (Å²) in [6.45, 7) is 2.28. The van der Waals surface area contributed by atoms with Gasteiger partial charge in [0.05, 0.1) is 0 Å². The van der Waals surface area contributed by atoms with Crippen molar-refractivity contribution in [3.8, 4) is 5.75 Å². The topological polar surface area (TPSA) is 20.2 Å². The van der Waals surface area contributed by atoms with Gasteiger partial charge in [-0.15, -0.1) is 9.24 Å². The molecule has 0 spiro atoms. The van der Waals surface area contributed by atoms with Gasteiger partial charge in [-0.05, 0) is 24.7 Å². The van der Waals surface area contributed by atoms with Crippen molar-refractivity contribution >= 4 is 38.8 Å². The molecule has 1 atom stereocenters. The molecule has 3 heteroatoms. The van der Waals surface area contributed by atoms with Gasteiger partial charge in [-0.1, -0.05) is 82.9 Å². The van der Waals surface area contributed by atoms with Gasteiger partial charge in [-0.3, -0.25) is 0 Å². The SMILES string of the molecule is CCCCCCCCCCCCP.Oc1ccccc1.[Na]. The summed E-state index contributed by atoms with van der Waals surface area (Å²) < 4.78 is 0. The summed E-state index contributed by atoms with van der Waals surface area (Å²) in [6.07, 6.45) is 15.7. The minimum absolute atomic E-state index is 0. The standard InChI is InChI=1S/C12H27P.C6H6O.Na/c1-2-3-4-5-6-7-8-9-10-11-12-13;7-6-4-2-1-3-5-6;/h2-13H2,1H3;1-5,7H;. The van der Waals surface area contributed by atoms with Gasteiger partial charge in [-0.2, -0.15) is 0 Å². The molecule has 0 heterocycles. The van der Waals surface area contributed by atoms with Gasteiger partial charge in [0.2, 0.25) is 0 Å². The number of rotatable bonds is 10. The van der Waals surface area contributed by atoms with Crippen molar-refractivity contribution in [2.75, 3.05) is 6.16 Å². The Morgan fingerprint density at radius 1 is 0.762 bits per heavy atom. The zero-order valence-electron chi connectivity index (χ0n) is 14.2. The largest absolute Gasteiger partial charge is 0.508 e. The molecule has 0 saturated heterocycles. The maximum absolute atomic E-state index is 8.63. The fourth-order valence-electron chi connectivity index (χ4n) is 2.06. The Balaban J connectivity index is 0. The van der Waals surface area contributed by atoms with Gasteiger partial charge < -0.3 is 5.11 Å². The molecule has 0 fully saturated rings. The number of hydrogen-bond donors (Lipinski definition) is 1. The van der Waals surface area contributed by atoms with Crippen LogP contribution in [0.3, 0.4) is 0 Å². The zero-order valence-corrected chi connectivity index (χ0v) is 17.3. The van der Waals surface area contributed by atoms with E-state index in [2.05, 4.69) is 16.2 Å². The Kier molecular flexibility index (Phi) is 23.1. The van der Waals surface area contributed by atoms with E-state index in [0.29, 0.717) is 5.75 Å². The number of aromatic hydroxyl groups is 1. The predicted molar refractivity (Wildman–Crippen MR) is 100 cm³/mol. The molecule has 1 N–H and O–H groups in total. The average molecular weight is 319 g/mol. The molecule has 21 heavy (non-hydrogen) atoms. The van der Waals surface area contributed by atoms with E-state index in [0.717, 1.165) is 0 Å². The maximum Gasteiger partial charge on any atom is 0.115 e. The third-order valence-electron chi connectivity index (χ3n) is 3.31. The minimum atomic E-state index is 0. The normalized spacial score (nSPS) is 9.43. The molecule has 0 aliphatic rings. The zero-order chi connectivity index (χ0) is 14.9. The molecule has 0 amide bonds. The number of hydrogen-bond acceptors (Lipinski definition) is 1. The van der Waals surface area contributed by atoms with Crippen LogP contribution in [0.2, 0.25) is 0 Å². The predicted octanol–water partition coefficient (Wildman–Crippen LogP) is 5.79. The van der Waals surface area contributed by atoms with Gasteiger partial charge in [0.15, 0.2) is 0 Å². The van der Waals surface area contributed by atoms with E-state index in [1.165, 1.54) is 70.4 Å². The van der Waals surface area contributed by atoms with Gasteiger partial charge in [0.1, 0.15) is 5.75 Å². The Labute approximate surface area is 156 Å². The van der Waals surface area contributed by atoms with Gasteiger partial charge in [0, 0.05) is 29.6 Å². The monoisotopic (exact) mass is 319 g/mol. The quantitative estimate of drug-likeness (QED) is 0.328. The molecule has 1 nitrogen and oxygen atoms in total. The van der Waals surface area contributed by atoms with Crippen LogP contribution in [0.1, 0.15) is 71.1 Å². The van der Waals surface area contributed by atoms with Crippen LogP contribution in [0.4, 0.5) is 0 Å². The van der Waals surface area contributed by atoms with E-state index in [-0.39, 0.29) is 29.6 Å². The number of phenolic OH excluding ortho intramolecular Hbond substituents is 1. The first kappa shape index (κ1) is 23.7. The number of phenols is 1. The van der Waals surface area contributed by atoms with Crippen molar-refractivity contribution in [1.29, 1.82) is 0 Å². The molecule has 1 aromatic carbocycles. The fraction of sp³-hybridized carbons (Fsp3) is 0.667. The molecule has 0 saturated carbocycles. The van der Waals surface area contributed by atoms with E-state index in [9.17, 15) is 0 Å². The second kappa shape index (κ2) is 20.5. The van der Waals surface area contributed by atoms with Crippen LogP contribution < -0.4 is 0 Å². The van der Waals surface area contributed by atoms with Crippen molar-refractivity contribution in [2.45, 2.75) is 71.1 Å². The third kappa shape index (κ3) is 20.4. The molecule has 1 aromatic rings. The van der Waals surface area contributed by atoms with Crippen LogP contribution in [0, 0.1) is 0 Å². The Bertz CT molecular complexity index is 270. The Morgan fingerprint density at radius 3 is 1.52 bits per heavy atom. The molecule has 0 aromatic heterocycles. The maximum atomic E-state index is 8.63. The van der Waals surface area contributed by atoms with Crippen molar-refractivity contribution in [2.24, 2.45) is 0 Å². The summed E-state index contributed by atoms with van der Waals surface area (Å²) in [4.78, 5) is 0. The summed E-state index contributed by atoms with van der Waals surface area (Å²) in [6, 6.07) is 8.71. The number of unbranched alkanes of at least 4 members (excludes halogenated alkanes) is 9. The minimum Gasteiger partial charge on any atom is -0.508 e. The van der Waals surface area contributed by atoms with Crippen LogP contribution in [0.5, 0.6) is 5.75 Å². The summed E-state index contributed by atoms with van der Waals surface area (Å²) in [5.41, 5.74) is 0. The molecule has 1 rings (SSSR count). The average Bonchev–Trinajstić information content (AvgIpc) is 2.47. The number of benzene rings is 1. The molecule has 0 aliphatic heterocycles. The van der Waals surface area contributed by atoms with E-state index in [1.807, 2.05) is 6.07 Å². The van der Waals surface area contributed by atoms with Crippen molar-refractivity contribution in [1.82, 2.24) is 0 Å². The molecular weight excluding hydrogens is 286 g/mol. The molecular formula is C18H33NaOP. The van der Waals surface area contributed by atoms with E-state index in [1.54, 1.807) is 24.3 Å². The van der Waals surface area contributed by atoms with Crippen LogP contribution >= 0.6 is 9.24 Å². The Morgan fingerprint density at radius 2 is 1.19 bits per heavy atom. The van der Waals surface area contributed by atoms with E-state index < -0.39 is 0 Å². The van der Waals surface area contributed by atoms with Crippen molar-refractivity contribution in [3.63, 3.8) is 0 Å². The van der Waals surface area contributed by atoms with Gasteiger partial charge in [0.25, 0.3) is 0 Å². The van der Waals surface area contributed by atoms with Gasteiger partial charge in [-0.25, -0.2) is 0 Å². The van der Waals surface area contributed by atoms with E-state index in [4.69, 9.17) is 5.11 Å². The van der Waals surface area contributed by atoms with Crippen LogP contribution in [0.25, 0.3) is 0 Å². The van der Waals surface area contributed by atoms with Crippen LogP contribution in [0.15, 0.2) is 30.3 Å². The van der Waals surface area contributed by atoms with Crippen LogP contribution in [-0.4, -0.2) is 40.8 Å². The summed E-state index contributed by atoms with van der Waals surface area (Å²) in [5.74, 6) is 0.322. The van der Waals surface area contributed by atoms with Crippen molar-refractivity contribution < 1.29 is 5.11 Å². The summed E-state index contributed by atoms with van der Waals surface area (Å²) >= 11 is 0. The first-order chi connectivity index (χ1) is 9.81. The fourth-order valence-corrected chi connectivity index (χ4v) is 2.35. The van der Waals surface area contributed by atoms with E-state index >= 15 is 0 Å². The van der Waals surface area contributed by atoms with Gasteiger partial charge >= 0.3 is 0 Å². The smallest absolute Gasteiger partial charge is 0.115 e. The first-order valence-electron chi connectivity index (χ1n) is 8.25. The molecule has 1 radical (unpaired) electrons. The second-order valence-electron chi connectivity index (χ2n) is 5.31. The molecule has 0 aliphatic carbocycles. The second-order valence-corrected chi connectivity index (χ2v) is 5.88. The Hall–Kier alpha value is 0.450. The summed E-state index contributed by atoms with van der Waals surface area (Å²) in [5, 5.41) is 8.63. The van der Waals surface area contributed by atoms with Crippen molar-refractivity contribution in [3.05, 3.63) is 30.3 Å². The number of para-hydroxylation sites is 1. The molecule has 1 unspecified atom stereocenters. The first-order valence-corrected chi connectivity index (χ1v) is 9.07. The third-order valence-corrected chi connectivity index (χ3v) is 3.72. The summed E-state index contributed by atoms with van der Waals surface area (Å²) in [7, 11) is 2.81. The molecule has 117 valence electrons. The molecule has 0 bridgehead atoms.